The summed E-state index contributed by atoms with van der Waals surface area (Å²) in [6.45, 7) is 6.63. The third-order valence-electron chi connectivity index (χ3n) is 7.18. The van der Waals surface area contributed by atoms with E-state index in [0.717, 1.165) is 56.0 Å². The molecule has 224 valence electrons. The Morgan fingerprint density at radius 3 is 2.26 bits per heavy atom. The van der Waals surface area contributed by atoms with Gasteiger partial charge in [-0.15, -0.1) is 18.3 Å². The number of amides is 1. The number of alkyl halides is 3. The van der Waals surface area contributed by atoms with E-state index in [0.29, 0.717) is 16.8 Å². The summed E-state index contributed by atoms with van der Waals surface area (Å²) in [5.74, 6) is -0.912. The summed E-state index contributed by atoms with van der Waals surface area (Å²) >= 11 is 0. The molecule has 1 amide bonds. The van der Waals surface area contributed by atoms with Gasteiger partial charge >= 0.3 is 6.36 Å². The number of aryl methyl sites for hydroxylation is 1. The summed E-state index contributed by atoms with van der Waals surface area (Å²) in [7, 11) is 2.11. The lowest BCUT2D eigenvalue weighted by molar-refractivity contribution is -0.274. The van der Waals surface area contributed by atoms with Crippen LogP contribution in [-0.4, -0.2) is 75.8 Å². The number of Topliss-reactive ketones (excluding diaryl/α,β-unsaturated/α-hetero) is 1. The fraction of sp³-hybridized carbons (Fsp3) is 0.290. The molecule has 12 heteroatoms. The van der Waals surface area contributed by atoms with Crippen LogP contribution in [0.4, 0.5) is 19.1 Å². The molecule has 0 unspecified atom stereocenters. The van der Waals surface area contributed by atoms with Crippen LogP contribution in [0, 0.1) is 6.92 Å². The molecule has 1 aliphatic rings. The normalized spacial score (nSPS) is 14.4. The van der Waals surface area contributed by atoms with Gasteiger partial charge in [-0.3, -0.25) is 19.8 Å². The number of hydrogen-bond acceptors (Lipinski definition) is 7. The Labute approximate surface area is 246 Å². The van der Waals surface area contributed by atoms with E-state index in [4.69, 9.17) is 0 Å². The minimum absolute atomic E-state index is 0.0167. The van der Waals surface area contributed by atoms with Crippen LogP contribution in [0.3, 0.4) is 0 Å². The second kappa shape index (κ2) is 12.8. The summed E-state index contributed by atoms with van der Waals surface area (Å²) in [6, 6.07) is 19.4. The summed E-state index contributed by atoms with van der Waals surface area (Å²) in [5, 5.41) is 7.14. The van der Waals surface area contributed by atoms with Gasteiger partial charge in [0.2, 0.25) is 5.95 Å². The Kier molecular flexibility index (Phi) is 8.88. The van der Waals surface area contributed by atoms with Gasteiger partial charge in [0.15, 0.2) is 11.6 Å². The molecule has 43 heavy (non-hydrogen) atoms. The summed E-state index contributed by atoms with van der Waals surface area (Å²) < 4.78 is 43.1. The Balaban J connectivity index is 1.34. The number of nitrogens with one attached hydrogen (secondary N) is 1. The molecule has 1 fully saturated rings. The van der Waals surface area contributed by atoms with Crippen LogP contribution in [0.1, 0.15) is 37.7 Å². The van der Waals surface area contributed by atoms with Crippen LogP contribution in [0.2, 0.25) is 0 Å². The monoisotopic (exact) mass is 592 g/mol. The predicted molar refractivity (Wildman–Crippen MR) is 154 cm³/mol. The SMILES string of the molecule is Cc1ccccc1C(=O)Nc1nc(CC(=O)c2ccc(CN3CCN(C)CC3)cc2)nn1-c1ccc(OC(F)(F)F)cc1. The standard InChI is InChI=1S/C31H31F3N6O3/c1-21-5-3-4-6-26(21)29(42)36-30-35-28(37-40(30)24-11-13-25(14-12-24)43-31(32,33)34)19-27(41)23-9-7-22(8-10-23)20-39-17-15-38(2)16-18-39/h3-14H,15-20H2,1-2H3,(H,35,36,37,42). The molecule has 0 atom stereocenters. The van der Waals surface area contributed by atoms with Crippen LogP contribution in [0.5, 0.6) is 5.75 Å². The average Bonchev–Trinajstić information content (AvgIpc) is 3.36. The summed E-state index contributed by atoms with van der Waals surface area (Å²) in [5.41, 5.74) is 3.08. The molecule has 0 radical (unpaired) electrons. The van der Waals surface area contributed by atoms with E-state index in [9.17, 15) is 22.8 Å². The molecule has 9 nitrogen and oxygen atoms in total. The Bertz CT molecular complexity index is 1580. The molecular weight excluding hydrogens is 561 g/mol. The van der Waals surface area contributed by atoms with Crippen LogP contribution in [0.15, 0.2) is 72.8 Å². The van der Waals surface area contributed by atoms with Crippen molar-refractivity contribution in [2.24, 2.45) is 0 Å². The maximum atomic E-state index is 13.2. The van der Waals surface area contributed by atoms with Crippen molar-refractivity contribution in [3.63, 3.8) is 0 Å². The quantitative estimate of drug-likeness (QED) is 0.277. The smallest absolute Gasteiger partial charge is 0.406 e. The number of carbonyl (C=O) groups is 2. The Hall–Kier alpha value is -4.55. The van der Waals surface area contributed by atoms with Crippen LogP contribution >= 0.6 is 0 Å². The van der Waals surface area contributed by atoms with Gasteiger partial charge in [-0.05, 0) is 55.4 Å². The number of aromatic nitrogens is 3. The number of rotatable bonds is 9. The lowest BCUT2D eigenvalue weighted by Gasteiger charge is -2.32. The van der Waals surface area contributed by atoms with Crippen molar-refractivity contribution >= 4 is 17.6 Å². The number of halogens is 3. The van der Waals surface area contributed by atoms with Gasteiger partial charge in [0, 0.05) is 43.9 Å². The predicted octanol–water partition coefficient (Wildman–Crippen LogP) is 4.90. The molecule has 1 saturated heterocycles. The highest BCUT2D eigenvalue weighted by Crippen LogP contribution is 2.25. The van der Waals surface area contributed by atoms with E-state index in [2.05, 4.69) is 37.0 Å². The Morgan fingerprint density at radius 2 is 1.60 bits per heavy atom. The van der Waals surface area contributed by atoms with Crippen molar-refractivity contribution in [3.8, 4) is 11.4 Å². The number of anilines is 1. The molecular formula is C31H31F3N6O3. The first-order chi connectivity index (χ1) is 20.5. The number of ketones is 1. The van der Waals surface area contributed by atoms with Crippen LogP contribution in [-0.2, 0) is 13.0 Å². The number of carbonyl (C=O) groups excluding carboxylic acids is 2. The molecule has 5 rings (SSSR count). The average molecular weight is 593 g/mol. The zero-order chi connectivity index (χ0) is 30.6. The third-order valence-corrected chi connectivity index (χ3v) is 7.18. The number of likely N-dealkylation sites (N-methyl/N-ethyl adjacent to an activating group) is 1. The highest BCUT2D eigenvalue weighted by atomic mass is 19.4. The number of ether oxygens (including phenoxy) is 1. The summed E-state index contributed by atoms with van der Waals surface area (Å²) in [4.78, 5) is 35.3. The number of nitrogens with zero attached hydrogens (tertiary/aromatic N) is 5. The van der Waals surface area contributed by atoms with Gasteiger partial charge in [0.25, 0.3) is 5.91 Å². The maximum absolute atomic E-state index is 13.2. The molecule has 2 heterocycles. The van der Waals surface area contributed by atoms with Crippen molar-refractivity contribution < 1.29 is 27.5 Å². The van der Waals surface area contributed by atoms with Crippen molar-refractivity contribution in [2.45, 2.75) is 26.3 Å². The molecule has 1 aromatic heterocycles. The highest BCUT2D eigenvalue weighted by molar-refractivity contribution is 6.04. The second-order valence-corrected chi connectivity index (χ2v) is 10.5. The third kappa shape index (κ3) is 7.85. The van der Waals surface area contributed by atoms with E-state index in [1.54, 1.807) is 37.3 Å². The molecule has 0 aliphatic carbocycles. The number of piperazine rings is 1. The van der Waals surface area contributed by atoms with E-state index in [1.165, 1.54) is 16.8 Å². The first kappa shape index (κ1) is 29.9. The maximum Gasteiger partial charge on any atom is 0.573 e. The molecule has 0 bridgehead atoms. The van der Waals surface area contributed by atoms with Gasteiger partial charge in [-0.2, -0.15) is 9.67 Å². The van der Waals surface area contributed by atoms with Crippen LogP contribution in [0.25, 0.3) is 5.69 Å². The van der Waals surface area contributed by atoms with E-state index in [1.807, 2.05) is 18.2 Å². The van der Waals surface area contributed by atoms with Crippen molar-refractivity contribution in [1.82, 2.24) is 24.6 Å². The van der Waals surface area contributed by atoms with Gasteiger partial charge in [-0.25, -0.2) is 0 Å². The number of benzene rings is 3. The molecule has 0 spiro atoms. The largest absolute Gasteiger partial charge is 0.573 e. The zero-order valence-corrected chi connectivity index (χ0v) is 23.8. The molecule has 1 aliphatic heterocycles. The first-order valence-electron chi connectivity index (χ1n) is 13.8. The number of hydrogen-bond donors (Lipinski definition) is 1. The van der Waals surface area contributed by atoms with Gasteiger partial charge in [0.1, 0.15) is 5.75 Å². The fourth-order valence-electron chi connectivity index (χ4n) is 4.78. The lowest BCUT2D eigenvalue weighted by atomic mass is 10.1. The minimum Gasteiger partial charge on any atom is -0.406 e. The zero-order valence-electron chi connectivity index (χ0n) is 23.8. The minimum atomic E-state index is -4.84. The molecule has 0 saturated carbocycles. The van der Waals surface area contributed by atoms with E-state index < -0.39 is 18.0 Å². The molecule has 3 aromatic carbocycles. The van der Waals surface area contributed by atoms with Crippen molar-refractivity contribution in [3.05, 3.63) is 101 Å². The lowest BCUT2D eigenvalue weighted by Crippen LogP contribution is -2.43. The molecule has 1 N–H and O–H groups in total. The second-order valence-electron chi connectivity index (χ2n) is 10.5. The molecule has 4 aromatic rings. The highest BCUT2D eigenvalue weighted by Gasteiger charge is 2.31. The fourth-order valence-corrected chi connectivity index (χ4v) is 4.78. The van der Waals surface area contributed by atoms with Gasteiger partial charge < -0.3 is 9.64 Å². The van der Waals surface area contributed by atoms with E-state index in [-0.39, 0.29) is 24.0 Å². The van der Waals surface area contributed by atoms with Crippen molar-refractivity contribution in [2.75, 3.05) is 38.5 Å². The van der Waals surface area contributed by atoms with Crippen LogP contribution < -0.4 is 10.1 Å². The first-order valence-corrected chi connectivity index (χ1v) is 13.8. The van der Waals surface area contributed by atoms with E-state index >= 15 is 0 Å². The van der Waals surface area contributed by atoms with Gasteiger partial charge in [0.05, 0.1) is 12.1 Å². The van der Waals surface area contributed by atoms with Gasteiger partial charge in [-0.1, -0.05) is 42.5 Å². The summed E-state index contributed by atoms with van der Waals surface area (Å²) in [6.07, 6.45) is -4.98. The topological polar surface area (TPSA) is 92.6 Å². The Morgan fingerprint density at radius 1 is 0.930 bits per heavy atom. The van der Waals surface area contributed by atoms with Crippen molar-refractivity contribution in [1.29, 1.82) is 0 Å².